The Morgan fingerprint density at radius 1 is 0.933 bits per heavy atom. The highest BCUT2D eigenvalue weighted by Gasteiger charge is 2.03. The number of hydrogen-bond donors (Lipinski definition) is 1. The number of aromatic nitrogens is 2. The minimum atomic E-state index is 0.955. The van der Waals surface area contributed by atoms with E-state index >= 15 is 0 Å². The van der Waals surface area contributed by atoms with Gasteiger partial charge in [0, 0.05) is 5.56 Å². The number of H-pyrrole nitrogens is 1. The van der Waals surface area contributed by atoms with Crippen molar-refractivity contribution in [2.75, 3.05) is 0 Å². The molecule has 71 valence electrons. The molecule has 1 heterocycles. The summed E-state index contributed by atoms with van der Waals surface area (Å²) in [6.45, 7) is 0. The van der Waals surface area contributed by atoms with Gasteiger partial charge >= 0.3 is 0 Å². The molecule has 2 heteroatoms. The van der Waals surface area contributed by atoms with Crippen molar-refractivity contribution >= 4 is 11.0 Å². The van der Waals surface area contributed by atoms with Gasteiger partial charge in [-0.1, -0.05) is 42.5 Å². The lowest BCUT2D eigenvalue weighted by Gasteiger charge is -2.01. The maximum absolute atomic E-state index is 4.12. The molecule has 0 saturated carbocycles. The molecule has 2 nitrogen and oxygen atoms in total. The number of nitrogens with one attached hydrogen (secondary N) is 1. The van der Waals surface area contributed by atoms with Gasteiger partial charge in [-0.05, 0) is 11.6 Å². The first-order chi connectivity index (χ1) is 7.45. The average molecular weight is 193 g/mol. The van der Waals surface area contributed by atoms with E-state index in [0.717, 1.165) is 11.0 Å². The minimum absolute atomic E-state index is 0.955. The van der Waals surface area contributed by atoms with E-state index in [1.165, 1.54) is 11.1 Å². The molecule has 1 N–H and O–H groups in total. The fourth-order valence-corrected chi connectivity index (χ4v) is 1.77. The Kier molecular flexibility index (Phi) is 1.78. The topological polar surface area (TPSA) is 28.7 Å². The number of benzene rings is 2. The molecule has 0 unspecified atom stereocenters. The lowest BCUT2D eigenvalue weighted by molar-refractivity contribution is 1.32. The van der Waals surface area contributed by atoms with Crippen LogP contribution in [0.4, 0.5) is 0 Å². The predicted molar refractivity (Wildman–Crippen MR) is 60.4 cm³/mol. The van der Waals surface area contributed by atoms with E-state index in [9.17, 15) is 0 Å². The SMILES string of the molecule is [c]1nc2cccc(-c3ccccc3)c2[nH]1. The summed E-state index contributed by atoms with van der Waals surface area (Å²) in [6.07, 6.45) is 2.77. The summed E-state index contributed by atoms with van der Waals surface area (Å²) in [5.41, 5.74) is 4.36. The van der Waals surface area contributed by atoms with Crippen LogP contribution in [0.3, 0.4) is 0 Å². The van der Waals surface area contributed by atoms with Crippen molar-refractivity contribution in [2.45, 2.75) is 0 Å². The smallest absolute Gasteiger partial charge is 0.174 e. The second-order valence-corrected chi connectivity index (χ2v) is 3.41. The molecule has 15 heavy (non-hydrogen) atoms. The van der Waals surface area contributed by atoms with Crippen LogP contribution in [0.2, 0.25) is 0 Å². The molecule has 0 amide bonds. The summed E-state index contributed by atoms with van der Waals surface area (Å²) in [5, 5.41) is 0. The maximum atomic E-state index is 4.12. The number of rotatable bonds is 1. The summed E-state index contributed by atoms with van der Waals surface area (Å²) in [7, 11) is 0. The first kappa shape index (κ1) is 8.24. The standard InChI is InChI=1S/C13H9N2/c1-2-5-10(6-3-1)11-7-4-8-12-13(11)15-9-14-12/h1-8H,(H,14,15). The van der Waals surface area contributed by atoms with E-state index in [-0.39, 0.29) is 0 Å². The Labute approximate surface area is 87.6 Å². The highest BCUT2D eigenvalue weighted by molar-refractivity contribution is 5.91. The third-order valence-corrected chi connectivity index (χ3v) is 2.48. The fourth-order valence-electron chi connectivity index (χ4n) is 1.77. The normalized spacial score (nSPS) is 10.7. The molecule has 0 aliphatic carbocycles. The largest absolute Gasteiger partial charge is 0.335 e. The fraction of sp³-hybridized carbons (Fsp3) is 0. The van der Waals surface area contributed by atoms with Crippen molar-refractivity contribution in [2.24, 2.45) is 0 Å². The molecule has 0 spiro atoms. The van der Waals surface area contributed by atoms with Crippen LogP contribution in [0, 0.1) is 6.33 Å². The van der Waals surface area contributed by atoms with Crippen LogP contribution in [0.25, 0.3) is 22.2 Å². The van der Waals surface area contributed by atoms with Crippen molar-refractivity contribution in [3.05, 3.63) is 54.9 Å². The molecule has 0 fully saturated rings. The lowest BCUT2D eigenvalue weighted by Crippen LogP contribution is -1.79. The zero-order valence-electron chi connectivity index (χ0n) is 8.07. The van der Waals surface area contributed by atoms with Gasteiger partial charge in [0.15, 0.2) is 6.33 Å². The van der Waals surface area contributed by atoms with Gasteiger partial charge < -0.3 is 4.98 Å². The number of para-hydroxylation sites is 1. The van der Waals surface area contributed by atoms with Crippen LogP contribution in [-0.2, 0) is 0 Å². The van der Waals surface area contributed by atoms with Gasteiger partial charge in [-0.2, -0.15) is 0 Å². The summed E-state index contributed by atoms with van der Waals surface area (Å²) in [4.78, 5) is 7.17. The molecule has 0 saturated heterocycles. The zero-order valence-corrected chi connectivity index (χ0v) is 8.07. The van der Waals surface area contributed by atoms with Gasteiger partial charge in [0.25, 0.3) is 0 Å². The molecule has 0 aliphatic rings. The quantitative estimate of drug-likeness (QED) is 0.632. The molecule has 2 aromatic carbocycles. The third kappa shape index (κ3) is 1.31. The molecule has 0 atom stereocenters. The predicted octanol–water partition coefficient (Wildman–Crippen LogP) is 3.03. The summed E-state index contributed by atoms with van der Waals surface area (Å²) >= 11 is 0. The van der Waals surface area contributed by atoms with E-state index in [4.69, 9.17) is 0 Å². The van der Waals surface area contributed by atoms with Crippen molar-refractivity contribution < 1.29 is 0 Å². The molecular formula is C13H9N2. The van der Waals surface area contributed by atoms with Crippen LogP contribution in [0.1, 0.15) is 0 Å². The van der Waals surface area contributed by atoms with Crippen LogP contribution in [-0.4, -0.2) is 9.97 Å². The highest BCUT2D eigenvalue weighted by Crippen LogP contribution is 2.25. The van der Waals surface area contributed by atoms with Crippen molar-refractivity contribution in [1.82, 2.24) is 9.97 Å². The maximum Gasteiger partial charge on any atom is 0.174 e. The first-order valence-corrected chi connectivity index (χ1v) is 4.85. The van der Waals surface area contributed by atoms with Gasteiger partial charge in [-0.15, -0.1) is 0 Å². The second kappa shape index (κ2) is 3.24. The van der Waals surface area contributed by atoms with E-state index in [0.29, 0.717) is 0 Å². The van der Waals surface area contributed by atoms with E-state index in [2.05, 4.69) is 34.5 Å². The summed E-state index contributed by atoms with van der Waals surface area (Å²) in [5.74, 6) is 0. The molecule has 0 aliphatic heterocycles. The van der Waals surface area contributed by atoms with E-state index in [1.54, 1.807) is 0 Å². The van der Waals surface area contributed by atoms with Crippen LogP contribution in [0.15, 0.2) is 48.5 Å². The van der Waals surface area contributed by atoms with Crippen molar-refractivity contribution in [3.63, 3.8) is 0 Å². The monoisotopic (exact) mass is 193 g/mol. The van der Waals surface area contributed by atoms with Gasteiger partial charge in [0.2, 0.25) is 0 Å². The van der Waals surface area contributed by atoms with E-state index in [1.807, 2.05) is 30.3 Å². The Morgan fingerprint density at radius 2 is 1.80 bits per heavy atom. The molecular weight excluding hydrogens is 184 g/mol. The minimum Gasteiger partial charge on any atom is -0.335 e. The summed E-state index contributed by atoms with van der Waals surface area (Å²) < 4.78 is 0. The lowest BCUT2D eigenvalue weighted by atomic mass is 10.0. The molecule has 0 bridgehead atoms. The number of hydrogen-bond acceptors (Lipinski definition) is 1. The second-order valence-electron chi connectivity index (χ2n) is 3.41. The zero-order chi connectivity index (χ0) is 10.1. The average Bonchev–Trinajstić information content (AvgIpc) is 2.78. The van der Waals surface area contributed by atoms with Crippen LogP contribution in [0.5, 0.6) is 0 Å². The molecule has 3 rings (SSSR count). The van der Waals surface area contributed by atoms with Gasteiger partial charge in [0.05, 0.1) is 11.0 Å². The number of imidazole rings is 1. The number of fused-ring (bicyclic) bond motifs is 1. The van der Waals surface area contributed by atoms with Gasteiger partial charge in [-0.25, -0.2) is 4.98 Å². The van der Waals surface area contributed by atoms with Crippen LogP contribution >= 0.6 is 0 Å². The third-order valence-electron chi connectivity index (χ3n) is 2.48. The van der Waals surface area contributed by atoms with Crippen molar-refractivity contribution in [1.29, 1.82) is 0 Å². The number of nitrogens with zero attached hydrogens (tertiary/aromatic N) is 1. The van der Waals surface area contributed by atoms with Crippen molar-refractivity contribution in [3.8, 4) is 11.1 Å². The Hall–Kier alpha value is -2.09. The Bertz CT molecular complexity index is 582. The number of aromatic amines is 1. The molecule has 3 aromatic rings. The summed E-state index contributed by atoms with van der Waals surface area (Å²) in [6, 6.07) is 16.4. The van der Waals surface area contributed by atoms with Crippen LogP contribution < -0.4 is 0 Å². The van der Waals surface area contributed by atoms with Gasteiger partial charge in [-0.3, -0.25) is 0 Å². The Balaban J connectivity index is 2.31. The highest BCUT2D eigenvalue weighted by atomic mass is 14.9. The first-order valence-electron chi connectivity index (χ1n) is 4.85. The van der Waals surface area contributed by atoms with E-state index < -0.39 is 0 Å². The molecule has 1 radical (unpaired) electrons. The Morgan fingerprint density at radius 3 is 2.67 bits per heavy atom. The van der Waals surface area contributed by atoms with Gasteiger partial charge in [0.1, 0.15) is 0 Å². The molecule has 1 aromatic heterocycles.